The molecule has 0 aliphatic rings. The van der Waals surface area contributed by atoms with Crippen LogP contribution in [0.2, 0.25) is 10.0 Å². The molecule has 0 radical (unpaired) electrons. The van der Waals surface area contributed by atoms with Gasteiger partial charge in [0.2, 0.25) is 0 Å². The van der Waals surface area contributed by atoms with E-state index in [9.17, 15) is 4.79 Å². The number of benzene rings is 1. The van der Waals surface area contributed by atoms with Crippen molar-refractivity contribution in [3.63, 3.8) is 0 Å². The van der Waals surface area contributed by atoms with Crippen LogP contribution >= 0.6 is 39.1 Å². The fourth-order valence-electron chi connectivity index (χ4n) is 0.928. The van der Waals surface area contributed by atoms with Gasteiger partial charge in [-0.15, -0.1) is 0 Å². The first-order valence-corrected chi connectivity index (χ1v) is 5.29. The third-order valence-corrected chi connectivity index (χ3v) is 3.31. The van der Waals surface area contributed by atoms with Crippen molar-refractivity contribution in [3.8, 4) is 0 Å². The Balaban J connectivity index is 3.12. The third-order valence-electron chi connectivity index (χ3n) is 1.59. The minimum absolute atomic E-state index is 0.00386. The fraction of sp³-hybridized carbons (Fsp3) is 0.222. The normalized spacial score (nSPS) is 12.6. The quantitative estimate of drug-likeness (QED) is 0.749. The van der Waals surface area contributed by atoms with Crippen molar-refractivity contribution in [2.24, 2.45) is 0 Å². The second-order valence-electron chi connectivity index (χ2n) is 2.64. The Morgan fingerprint density at radius 3 is 2.62 bits per heavy atom. The third kappa shape index (κ3) is 2.70. The van der Waals surface area contributed by atoms with Gasteiger partial charge in [0.15, 0.2) is 0 Å². The summed E-state index contributed by atoms with van der Waals surface area (Å²) in [7, 11) is 0. The van der Waals surface area contributed by atoms with E-state index in [-0.39, 0.29) is 10.6 Å². The molecule has 0 bridgehead atoms. The van der Waals surface area contributed by atoms with Crippen molar-refractivity contribution < 1.29 is 4.79 Å². The Labute approximate surface area is 95.2 Å². The van der Waals surface area contributed by atoms with Gasteiger partial charge < -0.3 is 0 Å². The van der Waals surface area contributed by atoms with Crippen LogP contribution in [0, 0.1) is 0 Å². The first-order valence-electron chi connectivity index (χ1n) is 3.62. The Morgan fingerprint density at radius 2 is 2.08 bits per heavy atom. The summed E-state index contributed by atoms with van der Waals surface area (Å²) < 4.78 is 0. The second kappa shape index (κ2) is 4.45. The first kappa shape index (κ1) is 11.0. The molecule has 0 saturated heterocycles. The topological polar surface area (TPSA) is 17.1 Å². The van der Waals surface area contributed by atoms with Gasteiger partial charge in [0, 0.05) is 10.0 Å². The Morgan fingerprint density at radius 1 is 1.46 bits per heavy atom. The average molecular weight is 282 g/mol. The molecule has 0 aliphatic heterocycles. The molecule has 0 saturated carbocycles. The van der Waals surface area contributed by atoms with Crippen LogP contribution in [0.15, 0.2) is 18.2 Å². The lowest BCUT2D eigenvalue weighted by Crippen LogP contribution is -2.01. The van der Waals surface area contributed by atoms with Gasteiger partial charge in [-0.3, -0.25) is 4.79 Å². The molecule has 0 amide bonds. The van der Waals surface area contributed by atoms with Crippen molar-refractivity contribution >= 4 is 44.9 Å². The summed E-state index contributed by atoms with van der Waals surface area (Å²) in [4.78, 5) is 10.7. The van der Waals surface area contributed by atoms with Gasteiger partial charge in [0.05, 0.1) is 4.83 Å². The number of rotatable bonds is 2. The number of Topliss-reactive ketones (excluding diaryl/α,β-unsaturated/α-hetero) is 1. The Hall–Kier alpha value is -0.0500. The molecule has 1 atom stereocenters. The van der Waals surface area contributed by atoms with Gasteiger partial charge in [-0.25, -0.2) is 0 Å². The smallest absolute Gasteiger partial charge is 0.147 e. The van der Waals surface area contributed by atoms with Crippen molar-refractivity contribution in [2.45, 2.75) is 11.8 Å². The summed E-state index contributed by atoms with van der Waals surface area (Å²) in [6.07, 6.45) is 0. The van der Waals surface area contributed by atoms with Crippen molar-refractivity contribution in [2.75, 3.05) is 0 Å². The van der Waals surface area contributed by atoms with Crippen LogP contribution in [0.1, 0.15) is 17.3 Å². The van der Waals surface area contributed by atoms with Crippen LogP contribution in [0.4, 0.5) is 0 Å². The molecule has 1 unspecified atom stereocenters. The Kier molecular flexibility index (Phi) is 3.77. The van der Waals surface area contributed by atoms with E-state index in [1.165, 1.54) is 6.92 Å². The molecule has 1 aromatic rings. The van der Waals surface area contributed by atoms with E-state index in [0.29, 0.717) is 15.6 Å². The molecule has 0 aromatic heterocycles. The van der Waals surface area contributed by atoms with Crippen LogP contribution in [0.3, 0.4) is 0 Å². The number of halogens is 3. The fourth-order valence-corrected chi connectivity index (χ4v) is 1.85. The van der Waals surface area contributed by atoms with Gasteiger partial charge in [-0.2, -0.15) is 0 Å². The van der Waals surface area contributed by atoms with Gasteiger partial charge in [-0.05, 0) is 30.7 Å². The number of hydrogen-bond acceptors (Lipinski definition) is 1. The number of carbonyl (C=O) groups excluding carboxylic acids is 1. The van der Waals surface area contributed by atoms with Gasteiger partial charge in [0.1, 0.15) is 5.78 Å². The summed E-state index contributed by atoms with van der Waals surface area (Å²) >= 11 is 14.9. The van der Waals surface area contributed by atoms with Crippen LogP contribution in [0.5, 0.6) is 0 Å². The van der Waals surface area contributed by atoms with E-state index < -0.39 is 0 Å². The molecule has 0 spiro atoms. The summed E-state index contributed by atoms with van der Waals surface area (Å²) in [5, 5.41) is 1.12. The summed E-state index contributed by atoms with van der Waals surface area (Å²) in [6, 6.07) is 5.05. The number of carbonyl (C=O) groups is 1. The number of hydrogen-bond donors (Lipinski definition) is 0. The molecule has 0 aliphatic carbocycles. The zero-order valence-corrected chi connectivity index (χ0v) is 9.95. The molecular formula is C9H7BrCl2O. The summed E-state index contributed by atoms with van der Waals surface area (Å²) in [5.74, 6) is 0.00386. The average Bonchev–Trinajstić information content (AvgIpc) is 2.08. The first-order chi connectivity index (χ1) is 6.02. The van der Waals surface area contributed by atoms with Crippen LogP contribution in [0.25, 0.3) is 0 Å². The van der Waals surface area contributed by atoms with Gasteiger partial charge >= 0.3 is 0 Å². The SMILES string of the molecule is CC(=O)C(Br)c1cc(Cl)ccc1Cl. The monoisotopic (exact) mass is 280 g/mol. The predicted molar refractivity (Wildman–Crippen MR) is 58.8 cm³/mol. The standard InChI is InChI=1S/C9H7BrCl2O/c1-5(13)9(10)7-4-6(11)2-3-8(7)12/h2-4,9H,1H3. The molecule has 0 N–H and O–H groups in total. The van der Waals surface area contributed by atoms with E-state index in [4.69, 9.17) is 23.2 Å². The largest absolute Gasteiger partial charge is 0.298 e. The maximum absolute atomic E-state index is 11.1. The zero-order valence-electron chi connectivity index (χ0n) is 6.85. The molecule has 1 aromatic carbocycles. The molecule has 1 nitrogen and oxygen atoms in total. The lowest BCUT2D eigenvalue weighted by molar-refractivity contribution is -0.116. The highest BCUT2D eigenvalue weighted by Crippen LogP contribution is 2.31. The number of ketones is 1. The highest BCUT2D eigenvalue weighted by atomic mass is 79.9. The summed E-state index contributed by atoms with van der Waals surface area (Å²) in [6.45, 7) is 1.50. The minimum atomic E-state index is -0.376. The maximum Gasteiger partial charge on any atom is 0.147 e. The van der Waals surface area contributed by atoms with Gasteiger partial charge in [-0.1, -0.05) is 39.1 Å². The molecule has 70 valence electrons. The van der Waals surface area contributed by atoms with Crippen molar-refractivity contribution in [1.82, 2.24) is 0 Å². The van der Waals surface area contributed by atoms with Crippen LogP contribution in [-0.4, -0.2) is 5.78 Å². The lowest BCUT2D eigenvalue weighted by Gasteiger charge is -2.08. The van der Waals surface area contributed by atoms with Gasteiger partial charge in [0.25, 0.3) is 0 Å². The highest BCUT2D eigenvalue weighted by Gasteiger charge is 2.15. The predicted octanol–water partition coefficient (Wildman–Crippen LogP) is 4.02. The van der Waals surface area contributed by atoms with E-state index in [1.807, 2.05) is 0 Å². The van der Waals surface area contributed by atoms with Crippen molar-refractivity contribution in [1.29, 1.82) is 0 Å². The van der Waals surface area contributed by atoms with E-state index in [1.54, 1.807) is 18.2 Å². The maximum atomic E-state index is 11.1. The minimum Gasteiger partial charge on any atom is -0.298 e. The highest BCUT2D eigenvalue weighted by molar-refractivity contribution is 9.09. The van der Waals surface area contributed by atoms with Crippen LogP contribution < -0.4 is 0 Å². The molecule has 13 heavy (non-hydrogen) atoms. The zero-order chi connectivity index (χ0) is 10.0. The lowest BCUT2D eigenvalue weighted by atomic mass is 10.1. The van der Waals surface area contributed by atoms with Crippen molar-refractivity contribution in [3.05, 3.63) is 33.8 Å². The van der Waals surface area contributed by atoms with E-state index >= 15 is 0 Å². The molecule has 0 fully saturated rings. The second-order valence-corrected chi connectivity index (χ2v) is 4.40. The Bertz CT molecular complexity index is 338. The molecule has 4 heteroatoms. The van der Waals surface area contributed by atoms with E-state index in [2.05, 4.69) is 15.9 Å². The van der Waals surface area contributed by atoms with Crippen LogP contribution in [-0.2, 0) is 4.79 Å². The summed E-state index contributed by atoms with van der Waals surface area (Å²) in [5.41, 5.74) is 0.710. The molecule has 0 heterocycles. The molecule has 1 rings (SSSR count). The number of alkyl halides is 1. The molecular weight excluding hydrogens is 275 g/mol. The van der Waals surface area contributed by atoms with E-state index in [0.717, 1.165) is 0 Å².